The van der Waals surface area contributed by atoms with Gasteiger partial charge in [0.25, 0.3) is 0 Å². The molecule has 0 aromatic carbocycles. The highest BCUT2D eigenvalue weighted by atomic mass is 16.4. The Labute approximate surface area is 148 Å². The lowest BCUT2D eigenvalue weighted by Gasteiger charge is -2.36. The van der Waals surface area contributed by atoms with Gasteiger partial charge in [0.15, 0.2) is 0 Å². The van der Waals surface area contributed by atoms with E-state index in [-0.39, 0.29) is 29.9 Å². The van der Waals surface area contributed by atoms with E-state index in [9.17, 15) is 19.5 Å². The van der Waals surface area contributed by atoms with Gasteiger partial charge in [0.2, 0.25) is 5.91 Å². The Morgan fingerprint density at radius 1 is 1.08 bits per heavy atom. The third-order valence-electron chi connectivity index (χ3n) is 5.71. The molecule has 2 saturated carbocycles. The molecule has 3 aliphatic rings. The number of piperidine rings is 1. The van der Waals surface area contributed by atoms with Gasteiger partial charge < -0.3 is 20.2 Å². The monoisotopic (exact) mass is 351 g/mol. The Hall–Kier alpha value is -1.79. The molecule has 0 spiro atoms. The van der Waals surface area contributed by atoms with Gasteiger partial charge in [-0.1, -0.05) is 12.8 Å². The third kappa shape index (κ3) is 4.25. The molecule has 1 saturated heterocycles. The molecule has 2 N–H and O–H groups in total. The van der Waals surface area contributed by atoms with Gasteiger partial charge in [-0.15, -0.1) is 0 Å². The van der Waals surface area contributed by atoms with Gasteiger partial charge in [0, 0.05) is 25.2 Å². The van der Waals surface area contributed by atoms with Crippen molar-refractivity contribution in [3.05, 3.63) is 0 Å². The first-order valence-electron chi connectivity index (χ1n) is 9.57. The van der Waals surface area contributed by atoms with E-state index in [0.29, 0.717) is 13.1 Å². The average molecular weight is 351 g/mol. The van der Waals surface area contributed by atoms with Crippen LogP contribution < -0.4 is 5.32 Å². The number of carbonyl (C=O) groups is 3. The zero-order chi connectivity index (χ0) is 18.0. The molecule has 0 radical (unpaired) electrons. The van der Waals surface area contributed by atoms with Crippen LogP contribution in [-0.2, 0) is 9.59 Å². The molecule has 3 fully saturated rings. The van der Waals surface area contributed by atoms with E-state index in [0.717, 1.165) is 51.4 Å². The van der Waals surface area contributed by atoms with Crippen LogP contribution in [0.5, 0.6) is 0 Å². The van der Waals surface area contributed by atoms with E-state index in [1.165, 1.54) is 0 Å². The molecule has 140 valence electrons. The SMILES string of the molecule is CC(C(=O)O)N(C(=O)C1CCCN(C(=O)NC2CCCC2)C1)C1CC1. The minimum atomic E-state index is -0.966. The number of nitrogens with one attached hydrogen (secondary N) is 1. The summed E-state index contributed by atoms with van der Waals surface area (Å²) in [5.41, 5.74) is 0. The van der Waals surface area contributed by atoms with Gasteiger partial charge in [-0.2, -0.15) is 0 Å². The molecule has 3 rings (SSSR count). The summed E-state index contributed by atoms with van der Waals surface area (Å²) < 4.78 is 0. The summed E-state index contributed by atoms with van der Waals surface area (Å²) in [6.45, 7) is 2.64. The second-order valence-corrected chi connectivity index (χ2v) is 7.71. The van der Waals surface area contributed by atoms with Crippen molar-refractivity contribution >= 4 is 17.9 Å². The quantitative estimate of drug-likeness (QED) is 0.790. The molecule has 2 aliphatic carbocycles. The highest BCUT2D eigenvalue weighted by Crippen LogP contribution is 2.32. The lowest BCUT2D eigenvalue weighted by Crippen LogP contribution is -2.53. The maximum atomic E-state index is 12.9. The number of hydrogen-bond donors (Lipinski definition) is 2. The van der Waals surface area contributed by atoms with Crippen LogP contribution in [0, 0.1) is 5.92 Å². The fourth-order valence-corrected chi connectivity index (χ4v) is 4.07. The molecule has 7 nitrogen and oxygen atoms in total. The van der Waals surface area contributed by atoms with Crippen LogP contribution in [0.4, 0.5) is 4.79 Å². The lowest BCUT2D eigenvalue weighted by atomic mass is 9.96. The molecule has 3 amide bonds. The Kier molecular flexibility index (Phi) is 5.49. The standard InChI is InChI=1S/C18H29N3O4/c1-12(17(23)24)21(15-8-9-15)16(22)13-5-4-10-20(11-13)18(25)19-14-6-2-3-7-14/h12-15H,2-11H2,1H3,(H,19,25)(H,23,24). The minimum absolute atomic E-state index is 0.0568. The van der Waals surface area contributed by atoms with Crippen LogP contribution in [0.15, 0.2) is 0 Å². The lowest BCUT2D eigenvalue weighted by molar-refractivity contribution is -0.152. The number of aliphatic carboxylic acids is 1. The largest absolute Gasteiger partial charge is 0.480 e. The average Bonchev–Trinajstić information content (AvgIpc) is 3.30. The normalized spacial score (nSPS) is 25.5. The van der Waals surface area contributed by atoms with Crippen LogP contribution in [0.2, 0.25) is 0 Å². The molecule has 2 atom stereocenters. The Morgan fingerprint density at radius 2 is 1.76 bits per heavy atom. The molecule has 0 aromatic heterocycles. The van der Waals surface area contributed by atoms with Crippen molar-refractivity contribution in [2.45, 2.75) is 76.4 Å². The third-order valence-corrected chi connectivity index (χ3v) is 5.71. The maximum absolute atomic E-state index is 12.9. The summed E-state index contributed by atoms with van der Waals surface area (Å²) >= 11 is 0. The highest BCUT2D eigenvalue weighted by molar-refractivity contribution is 5.86. The van der Waals surface area contributed by atoms with E-state index < -0.39 is 12.0 Å². The van der Waals surface area contributed by atoms with Crippen LogP contribution in [0.3, 0.4) is 0 Å². The number of hydrogen-bond acceptors (Lipinski definition) is 3. The summed E-state index contributed by atoms with van der Waals surface area (Å²) in [5.74, 6) is -1.35. The molecule has 0 aromatic rings. The predicted octanol–water partition coefficient (Wildman–Crippen LogP) is 1.81. The van der Waals surface area contributed by atoms with Crippen molar-refractivity contribution < 1.29 is 19.5 Å². The summed E-state index contributed by atoms with van der Waals surface area (Å²) in [5, 5.41) is 12.4. The number of likely N-dealkylation sites (tertiary alicyclic amines) is 1. The first-order chi connectivity index (χ1) is 12.0. The first-order valence-corrected chi connectivity index (χ1v) is 9.57. The van der Waals surface area contributed by atoms with Crippen molar-refractivity contribution in [1.29, 1.82) is 0 Å². The van der Waals surface area contributed by atoms with Gasteiger partial charge in [-0.05, 0) is 45.4 Å². The van der Waals surface area contributed by atoms with Crippen molar-refractivity contribution in [1.82, 2.24) is 15.1 Å². The fraction of sp³-hybridized carbons (Fsp3) is 0.833. The van der Waals surface area contributed by atoms with Crippen molar-refractivity contribution in [3.63, 3.8) is 0 Å². The van der Waals surface area contributed by atoms with Crippen molar-refractivity contribution in [2.24, 2.45) is 5.92 Å². The molecule has 1 heterocycles. The zero-order valence-electron chi connectivity index (χ0n) is 14.9. The van der Waals surface area contributed by atoms with Gasteiger partial charge in [0.1, 0.15) is 6.04 Å². The first kappa shape index (κ1) is 18.0. The summed E-state index contributed by atoms with van der Waals surface area (Å²) in [6, 6.07) is -0.559. The number of carbonyl (C=O) groups excluding carboxylic acids is 2. The van der Waals surface area contributed by atoms with E-state index in [1.54, 1.807) is 16.7 Å². The van der Waals surface area contributed by atoms with E-state index in [2.05, 4.69) is 5.32 Å². The second-order valence-electron chi connectivity index (χ2n) is 7.71. The maximum Gasteiger partial charge on any atom is 0.326 e. The smallest absolute Gasteiger partial charge is 0.326 e. The predicted molar refractivity (Wildman–Crippen MR) is 92.1 cm³/mol. The number of urea groups is 1. The number of amides is 3. The van der Waals surface area contributed by atoms with Crippen molar-refractivity contribution in [2.75, 3.05) is 13.1 Å². The van der Waals surface area contributed by atoms with Gasteiger partial charge in [-0.25, -0.2) is 9.59 Å². The van der Waals surface area contributed by atoms with E-state index in [4.69, 9.17) is 0 Å². The van der Waals surface area contributed by atoms with Crippen LogP contribution in [-0.4, -0.2) is 64.0 Å². The van der Waals surface area contributed by atoms with Crippen LogP contribution >= 0.6 is 0 Å². The number of carboxylic acid groups (broad SMARTS) is 1. The highest BCUT2D eigenvalue weighted by Gasteiger charge is 2.42. The molecule has 25 heavy (non-hydrogen) atoms. The van der Waals surface area contributed by atoms with Gasteiger partial charge >= 0.3 is 12.0 Å². The Morgan fingerprint density at radius 3 is 2.36 bits per heavy atom. The molecule has 2 unspecified atom stereocenters. The molecular weight excluding hydrogens is 322 g/mol. The number of nitrogens with zero attached hydrogens (tertiary/aromatic N) is 2. The van der Waals surface area contributed by atoms with Crippen molar-refractivity contribution in [3.8, 4) is 0 Å². The Balaban J connectivity index is 1.60. The summed E-state index contributed by atoms with van der Waals surface area (Å²) in [4.78, 5) is 40.1. The fourth-order valence-electron chi connectivity index (χ4n) is 4.07. The summed E-state index contributed by atoms with van der Waals surface area (Å²) in [7, 11) is 0. The van der Waals surface area contributed by atoms with E-state index in [1.807, 2.05) is 0 Å². The summed E-state index contributed by atoms with van der Waals surface area (Å²) in [6.07, 6.45) is 7.66. The number of rotatable bonds is 5. The number of carboxylic acids is 1. The molecule has 0 bridgehead atoms. The topological polar surface area (TPSA) is 90.0 Å². The van der Waals surface area contributed by atoms with E-state index >= 15 is 0 Å². The zero-order valence-corrected chi connectivity index (χ0v) is 14.9. The molecule has 7 heteroatoms. The molecule has 1 aliphatic heterocycles. The minimum Gasteiger partial charge on any atom is -0.480 e. The molecular formula is C18H29N3O4. The van der Waals surface area contributed by atoms with Gasteiger partial charge in [0.05, 0.1) is 5.92 Å². The van der Waals surface area contributed by atoms with Gasteiger partial charge in [-0.3, -0.25) is 4.79 Å². The Bertz CT molecular complexity index is 528. The second kappa shape index (κ2) is 7.62. The van der Waals surface area contributed by atoms with Crippen LogP contribution in [0.1, 0.15) is 58.3 Å². The van der Waals surface area contributed by atoms with Crippen LogP contribution in [0.25, 0.3) is 0 Å².